The topological polar surface area (TPSA) is 76.3 Å². The van der Waals surface area contributed by atoms with Crippen LogP contribution in [-0.4, -0.2) is 30.5 Å². The van der Waals surface area contributed by atoms with E-state index < -0.39 is 0 Å². The van der Waals surface area contributed by atoms with Crippen molar-refractivity contribution in [3.8, 4) is 0 Å². The number of thioether (sulfide) groups is 1. The predicted octanol–water partition coefficient (Wildman–Crippen LogP) is 5.44. The monoisotopic (exact) mass is 472 g/mol. The van der Waals surface area contributed by atoms with E-state index in [1.165, 1.54) is 30.0 Å². The van der Waals surface area contributed by atoms with Crippen LogP contribution in [0.25, 0.3) is 5.65 Å². The lowest BCUT2D eigenvalue weighted by atomic mass is 10.1. The fraction of sp³-hybridized carbons (Fsp3) is 0.286. The number of benzene rings is 1. The summed E-state index contributed by atoms with van der Waals surface area (Å²) in [5.74, 6) is 1.30. The van der Waals surface area contributed by atoms with Crippen molar-refractivity contribution in [3.05, 3.63) is 56.9 Å². The maximum absolute atomic E-state index is 12.5. The van der Waals surface area contributed by atoms with Crippen molar-refractivity contribution in [2.45, 2.75) is 45.5 Å². The van der Waals surface area contributed by atoms with Crippen molar-refractivity contribution < 1.29 is 4.79 Å². The molecule has 0 saturated carbocycles. The minimum atomic E-state index is -0.136. The van der Waals surface area contributed by atoms with Gasteiger partial charge in [-0.15, -0.1) is 21.5 Å². The molecule has 31 heavy (non-hydrogen) atoms. The van der Waals surface area contributed by atoms with Gasteiger partial charge in [-0.25, -0.2) is 9.97 Å². The molecule has 0 fully saturated rings. The molecule has 0 bridgehead atoms. The number of amides is 1. The van der Waals surface area contributed by atoms with Gasteiger partial charge in [0.25, 0.3) is 0 Å². The number of aromatic nitrogens is 5. The summed E-state index contributed by atoms with van der Waals surface area (Å²) in [5.41, 5.74) is 5.19. The van der Waals surface area contributed by atoms with E-state index in [0.717, 1.165) is 39.1 Å². The van der Waals surface area contributed by atoms with Crippen LogP contribution < -0.4 is 4.90 Å². The maximum atomic E-state index is 12.5. The molecule has 0 saturated heterocycles. The first-order chi connectivity index (χ1) is 14.7. The first kappa shape index (κ1) is 21.7. The zero-order valence-electron chi connectivity index (χ0n) is 17.8. The van der Waals surface area contributed by atoms with Crippen LogP contribution >= 0.6 is 34.7 Å². The second-order valence-electron chi connectivity index (χ2n) is 7.30. The van der Waals surface area contributed by atoms with Crippen LogP contribution in [0.2, 0.25) is 5.02 Å². The molecule has 1 amide bonds. The molecule has 0 aliphatic rings. The first-order valence-corrected chi connectivity index (χ1v) is 11.8. The van der Waals surface area contributed by atoms with E-state index in [0.29, 0.717) is 21.6 Å². The van der Waals surface area contributed by atoms with Crippen molar-refractivity contribution in [2.24, 2.45) is 0 Å². The third-order valence-corrected chi connectivity index (χ3v) is 6.80. The Morgan fingerprint density at radius 2 is 1.94 bits per heavy atom. The Labute approximate surface area is 193 Å². The Balaban J connectivity index is 1.60. The SMILES string of the molecule is CC(=O)N(c1nc(CSc2nnc3cc(C)nc(C)n23)cs1)c1c(C)cc(C)cc1Cl. The van der Waals surface area contributed by atoms with E-state index in [-0.39, 0.29) is 5.91 Å². The molecular weight excluding hydrogens is 452 g/mol. The minimum Gasteiger partial charge on any atom is -0.274 e. The van der Waals surface area contributed by atoms with E-state index >= 15 is 0 Å². The molecule has 0 unspecified atom stereocenters. The molecule has 0 spiro atoms. The molecular formula is C21H21ClN6OS2. The summed E-state index contributed by atoms with van der Waals surface area (Å²) < 4.78 is 1.93. The molecule has 3 aromatic heterocycles. The summed E-state index contributed by atoms with van der Waals surface area (Å²) in [5, 5.41) is 12.4. The lowest BCUT2D eigenvalue weighted by Crippen LogP contribution is -2.24. The van der Waals surface area contributed by atoms with Crippen molar-refractivity contribution in [3.63, 3.8) is 0 Å². The Hall–Kier alpha value is -2.49. The second kappa shape index (κ2) is 8.57. The lowest BCUT2D eigenvalue weighted by molar-refractivity contribution is -0.115. The predicted molar refractivity (Wildman–Crippen MR) is 126 cm³/mol. The molecule has 7 nitrogen and oxygen atoms in total. The minimum absolute atomic E-state index is 0.136. The smallest absolute Gasteiger partial charge is 0.230 e. The quantitative estimate of drug-likeness (QED) is 0.360. The van der Waals surface area contributed by atoms with Crippen LogP contribution in [0.5, 0.6) is 0 Å². The van der Waals surface area contributed by atoms with Gasteiger partial charge in [0.1, 0.15) is 5.82 Å². The number of fused-ring (bicyclic) bond motifs is 1. The van der Waals surface area contributed by atoms with Crippen LogP contribution in [0.1, 0.15) is 35.3 Å². The summed E-state index contributed by atoms with van der Waals surface area (Å²) in [6.07, 6.45) is 0. The van der Waals surface area contributed by atoms with E-state index in [1.54, 1.807) is 4.90 Å². The maximum Gasteiger partial charge on any atom is 0.230 e. The van der Waals surface area contributed by atoms with Gasteiger partial charge in [-0.3, -0.25) is 14.1 Å². The number of carbonyl (C=O) groups excluding carboxylic acids is 1. The Kier molecular flexibility index (Phi) is 6.00. The molecule has 4 rings (SSSR count). The van der Waals surface area contributed by atoms with Gasteiger partial charge in [-0.1, -0.05) is 29.4 Å². The summed E-state index contributed by atoms with van der Waals surface area (Å²) in [6.45, 7) is 9.32. The van der Waals surface area contributed by atoms with Crippen molar-refractivity contribution in [2.75, 3.05) is 4.90 Å². The van der Waals surface area contributed by atoms with Crippen LogP contribution in [0.15, 0.2) is 28.7 Å². The lowest BCUT2D eigenvalue weighted by Gasteiger charge is -2.22. The summed E-state index contributed by atoms with van der Waals surface area (Å²) >= 11 is 9.44. The largest absolute Gasteiger partial charge is 0.274 e. The van der Waals surface area contributed by atoms with Gasteiger partial charge in [0.15, 0.2) is 15.9 Å². The third-order valence-electron chi connectivity index (χ3n) is 4.68. The zero-order chi connectivity index (χ0) is 22.3. The van der Waals surface area contributed by atoms with Gasteiger partial charge < -0.3 is 0 Å². The normalized spacial score (nSPS) is 11.3. The molecule has 3 heterocycles. The average molecular weight is 473 g/mol. The standard InChI is InChI=1S/C21H21ClN6OS2/c1-11-6-12(2)19(17(22)7-11)28(15(5)29)20-24-16(9-30-20)10-31-21-26-25-18-8-13(3)23-14(4)27(18)21/h6-9H,10H2,1-5H3. The number of hydrogen-bond acceptors (Lipinski definition) is 7. The van der Waals surface area contributed by atoms with Crippen LogP contribution in [0.3, 0.4) is 0 Å². The molecule has 160 valence electrons. The van der Waals surface area contributed by atoms with Crippen molar-refractivity contribution in [1.82, 2.24) is 24.6 Å². The fourth-order valence-corrected chi connectivity index (χ4v) is 5.74. The highest BCUT2D eigenvalue weighted by Crippen LogP contribution is 2.38. The van der Waals surface area contributed by atoms with Crippen LogP contribution in [0, 0.1) is 27.7 Å². The van der Waals surface area contributed by atoms with Crippen molar-refractivity contribution in [1.29, 1.82) is 0 Å². The summed E-state index contributed by atoms with van der Waals surface area (Å²) in [6, 6.07) is 5.78. The number of anilines is 2. The zero-order valence-corrected chi connectivity index (χ0v) is 20.2. The Morgan fingerprint density at radius 3 is 2.65 bits per heavy atom. The van der Waals surface area contributed by atoms with E-state index in [9.17, 15) is 4.79 Å². The number of carbonyl (C=O) groups is 1. The molecule has 0 atom stereocenters. The van der Waals surface area contributed by atoms with Gasteiger partial charge in [0.2, 0.25) is 5.91 Å². The molecule has 10 heteroatoms. The first-order valence-electron chi connectivity index (χ1n) is 9.58. The van der Waals surface area contributed by atoms with Gasteiger partial charge >= 0.3 is 0 Å². The number of thiazole rings is 1. The fourth-order valence-electron chi connectivity index (χ4n) is 3.48. The highest BCUT2D eigenvalue weighted by Gasteiger charge is 2.23. The highest BCUT2D eigenvalue weighted by molar-refractivity contribution is 7.98. The van der Waals surface area contributed by atoms with E-state index in [4.69, 9.17) is 16.6 Å². The summed E-state index contributed by atoms with van der Waals surface area (Å²) in [4.78, 5) is 23.3. The van der Waals surface area contributed by atoms with E-state index in [2.05, 4.69) is 15.2 Å². The third kappa shape index (κ3) is 4.30. The number of halogens is 1. The van der Waals surface area contributed by atoms with Crippen molar-refractivity contribution >= 4 is 57.1 Å². The molecule has 1 aromatic carbocycles. The average Bonchev–Trinajstić information content (AvgIpc) is 3.29. The van der Waals surface area contributed by atoms with Crippen LogP contribution in [-0.2, 0) is 10.5 Å². The molecule has 0 aliphatic heterocycles. The Morgan fingerprint density at radius 1 is 1.16 bits per heavy atom. The number of rotatable bonds is 5. The van der Waals surface area contributed by atoms with Gasteiger partial charge in [0, 0.05) is 29.8 Å². The van der Waals surface area contributed by atoms with E-state index in [1.807, 2.05) is 55.7 Å². The molecule has 0 radical (unpaired) electrons. The van der Waals surface area contributed by atoms with Gasteiger partial charge in [-0.2, -0.15) is 0 Å². The number of hydrogen-bond donors (Lipinski definition) is 0. The molecule has 0 aliphatic carbocycles. The molecule has 0 N–H and O–H groups in total. The number of nitrogens with zero attached hydrogens (tertiary/aromatic N) is 6. The van der Waals surface area contributed by atoms with Gasteiger partial charge in [0.05, 0.1) is 16.4 Å². The molecule has 4 aromatic rings. The van der Waals surface area contributed by atoms with Crippen LogP contribution in [0.4, 0.5) is 10.8 Å². The highest BCUT2D eigenvalue weighted by atomic mass is 35.5. The second-order valence-corrected chi connectivity index (χ2v) is 9.48. The number of aryl methyl sites for hydroxylation is 4. The summed E-state index contributed by atoms with van der Waals surface area (Å²) in [7, 11) is 0. The Bertz CT molecular complexity index is 1280. The van der Waals surface area contributed by atoms with Gasteiger partial charge in [-0.05, 0) is 44.9 Å².